The van der Waals surface area contributed by atoms with E-state index in [-0.39, 0.29) is 46.0 Å². The Morgan fingerprint density at radius 2 is 1.68 bits per heavy atom. The van der Waals surface area contributed by atoms with E-state index in [2.05, 4.69) is 0 Å². The molecular weight excluding hydrogens is 400 g/mol. The van der Waals surface area contributed by atoms with Gasteiger partial charge in [0.05, 0.1) is 12.0 Å². The van der Waals surface area contributed by atoms with Crippen molar-refractivity contribution in [2.75, 3.05) is 0 Å². The molecule has 4 aromatic rings. The van der Waals surface area contributed by atoms with Gasteiger partial charge >= 0.3 is 5.97 Å². The quantitative estimate of drug-likeness (QED) is 0.334. The molecule has 0 aliphatic carbocycles. The molecule has 0 bridgehead atoms. The predicted octanol–water partition coefficient (Wildman–Crippen LogP) is 4.02. The minimum Gasteiger partial charge on any atom is -0.508 e. The molecular formula is C24H16O7. The Bertz CT molecular complexity index is 1400. The smallest absolute Gasteiger partial charge is 0.312 e. The number of hydrogen-bond donors (Lipinski definition) is 3. The van der Waals surface area contributed by atoms with E-state index in [0.29, 0.717) is 16.7 Å². The average molecular weight is 416 g/mol. The monoisotopic (exact) mass is 416 g/mol. The maximum Gasteiger partial charge on any atom is 0.312 e. The lowest BCUT2D eigenvalue weighted by molar-refractivity contribution is -0.135. The van der Waals surface area contributed by atoms with E-state index >= 15 is 0 Å². The van der Waals surface area contributed by atoms with E-state index in [9.17, 15) is 24.9 Å². The zero-order chi connectivity index (χ0) is 21.7. The van der Waals surface area contributed by atoms with Crippen molar-refractivity contribution in [2.24, 2.45) is 0 Å². The molecule has 5 rings (SSSR count). The first kappa shape index (κ1) is 18.7. The highest BCUT2D eigenvalue weighted by Crippen LogP contribution is 2.46. The van der Waals surface area contributed by atoms with Crippen LogP contribution in [0.15, 0.2) is 70.1 Å². The Morgan fingerprint density at radius 3 is 2.42 bits per heavy atom. The van der Waals surface area contributed by atoms with Crippen molar-refractivity contribution in [2.45, 2.75) is 12.3 Å². The lowest BCUT2D eigenvalue weighted by Crippen LogP contribution is -2.22. The number of phenols is 3. The van der Waals surface area contributed by atoms with Crippen LogP contribution in [0.4, 0.5) is 0 Å². The third-order valence-electron chi connectivity index (χ3n) is 5.42. The first-order valence-electron chi connectivity index (χ1n) is 9.53. The summed E-state index contributed by atoms with van der Waals surface area (Å²) in [4.78, 5) is 25.4. The van der Waals surface area contributed by atoms with Crippen molar-refractivity contribution in [3.05, 3.63) is 82.2 Å². The Kier molecular flexibility index (Phi) is 4.18. The SMILES string of the molecule is O=C1CC(c2cccc(O)c2)c2c(cc(O)c3c(=O)c(-c4ccc(O)cc4)coc23)O1. The standard InChI is InChI=1S/C24H16O7/c25-14-6-4-12(5-7-14)17-11-30-24-21-16(13-2-1-3-15(26)8-13)9-20(28)31-19(21)10-18(27)22(24)23(17)29/h1-8,10-11,16,25-27H,9H2. The summed E-state index contributed by atoms with van der Waals surface area (Å²) in [5.41, 5.74) is 1.48. The van der Waals surface area contributed by atoms with Gasteiger partial charge in [0, 0.05) is 17.5 Å². The summed E-state index contributed by atoms with van der Waals surface area (Å²) >= 11 is 0. The Morgan fingerprint density at radius 1 is 0.903 bits per heavy atom. The first-order valence-corrected chi connectivity index (χ1v) is 9.53. The predicted molar refractivity (Wildman–Crippen MR) is 111 cm³/mol. The molecule has 154 valence electrons. The molecule has 2 heterocycles. The van der Waals surface area contributed by atoms with Crippen molar-refractivity contribution >= 4 is 16.9 Å². The summed E-state index contributed by atoms with van der Waals surface area (Å²) in [5, 5.41) is 29.9. The second-order valence-electron chi connectivity index (χ2n) is 7.36. The lowest BCUT2D eigenvalue weighted by Gasteiger charge is -2.26. The second kappa shape index (κ2) is 6.91. The third kappa shape index (κ3) is 3.07. The molecule has 7 heteroatoms. The van der Waals surface area contributed by atoms with Crippen LogP contribution < -0.4 is 10.2 Å². The minimum absolute atomic E-state index is 0.0141. The number of carbonyl (C=O) groups is 1. The van der Waals surface area contributed by atoms with Crippen LogP contribution in [-0.4, -0.2) is 21.3 Å². The molecule has 0 fully saturated rings. The molecule has 0 spiro atoms. The fraction of sp³-hybridized carbons (Fsp3) is 0.0833. The van der Waals surface area contributed by atoms with E-state index in [1.165, 1.54) is 36.6 Å². The molecule has 0 saturated carbocycles. The third-order valence-corrected chi connectivity index (χ3v) is 5.42. The van der Waals surface area contributed by atoms with E-state index in [4.69, 9.17) is 9.15 Å². The maximum absolute atomic E-state index is 13.3. The van der Waals surface area contributed by atoms with Crippen LogP contribution in [-0.2, 0) is 4.79 Å². The molecule has 1 aliphatic rings. The molecule has 31 heavy (non-hydrogen) atoms. The molecule has 1 aliphatic heterocycles. The summed E-state index contributed by atoms with van der Waals surface area (Å²) < 4.78 is 11.1. The number of aromatic hydroxyl groups is 3. The number of rotatable bonds is 2. The van der Waals surface area contributed by atoms with Crippen LogP contribution in [0.5, 0.6) is 23.0 Å². The van der Waals surface area contributed by atoms with Gasteiger partial charge in [-0.05, 0) is 35.4 Å². The van der Waals surface area contributed by atoms with Crippen LogP contribution >= 0.6 is 0 Å². The van der Waals surface area contributed by atoms with Gasteiger partial charge in [0.25, 0.3) is 0 Å². The van der Waals surface area contributed by atoms with Gasteiger partial charge < -0.3 is 24.5 Å². The van der Waals surface area contributed by atoms with Crippen molar-refractivity contribution in [1.29, 1.82) is 0 Å². The minimum atomic E-state index is -0.533. The molecule has 1 unspecified atom stereocenters. The van der Waals surface area contributed by atoms with Gasteiger partial charge in [-0.25, -0.2) is 0 Å². The first-order chi connectivity index (χ1) is 14.9. The average Bonchev–Trinajstić information content (AvgIpc) is 2.74. The van der Waals surface area contributed by atoms with Gasteiger partial charge in [-0.3, -0.25) is 9.59 Å². The Labute approximate surface area is 175 Å². The van der Waals surface area contributed by atoms with Gasteiger partial charge in [-0.1, -0.05) is 24.3 Å². The van der Waals surface area contributed by atoms with Crippen LogP contribution in [0.2, 0.25) is 0 Å². The molecule has 3 N–H and O–H groups in total. The van der Waals surface area contributed by atoms with Gasteiger partial charge in [0.1, 0.15) is 40.2 Å². The summed E-state index contributed by atoms with van der Waals surface area (Å²) in [6, 6.07) is 13.7. The lowest BCUT2D eigenvalue weighted by atomic mass is 9.85. The number of phenolic OH excluding ortho intramolecular Hbond substituents is 3. The molecule has 7 nitrogen and oxygen atoms in total. The molecule has 0 radical (unpaired) electrons. The largest absolute Gasteiger partial charge is 0.508 e. The molecule has 1 atom stereocenters. The number of ether oxygens (including phenoxy) is 1. The highest BCUT2D eigenvalue weighted by molar-refractivity contribution is 5.94. The molecule has 1 aromatic heterocycles. The highest BCUT2D eigenvalue weighted by atomic mass is 16.5. The van der Waals surface area contributed by atoms with Crippen molar-refractivity contribution < 1.29 is 29.3 Å². The normalized spacial score (nSPS) is 15.5. The zero-order valence-corrected chi connectivity index (χ0v) is 16.0. The van der Waals surface area contributed by atoms with Crippen LogP contribution in [0.1, 0.15) is 23.5 Å². The van der Waals surface area contributed by atoms with Crippen molar-refractivity contribution in [3.63, 3.8) is 0 Å². The maximum atomic E-state index is 13.3. The van der Waals surface area contributed by atoms with Crippen LogP contribution in [0.25, 0.3) is 22.1 Å². The van der Waals surface area contributed by atoms with Gasteiger partial charge in [0.15, 0.2) is 0 Å². The van der Waals surface area contributed by atoms with Crippen LogP contribution in [0.3, 0.4) is 0 Å². The summed E-state index contributed by atoms with van der Waals surface area (Å²) in [6.07, 6.45) is 1.27. The van der Waals surface area contributed by atoms with Gasteiger partial charge in [-0.2, -0.15) is 0 Å². The van der Waals surface area contributed by atoms with Crippen LogP contribution in [0, 0.1) is 0 Å². The van der Waals surface area contributed by atoms with Gasteiger partial charge in [0.2, 0.25) is 5.43 Å². The van der Waals surface area contributed by atoms with E-state index in [1.54, 1.807) is 24.3 Å². The fourth-order valence-electron chi connectivity index (χ4n) is 4.00. The zero-order valence-electron chi connectivity index (χ0n) is 16.0. The number of benzene rings is 3. The summed E-state index contributed by atoms with van der Waals surface area (Å²) in [6.45, 7) is 0. The van der Waals surface area contributed by atoms with Gasteiger partial charge in [-0.15, -0.1) is 0 Å². The van der Waals surface area contributed by atoms with E-state index < -0.39 is 17.3 Å². The number of fused-ring (bicyclic) bond motifs is 3. The highest BCUT2D eigenvalue weighted by Gasteiger charge is 2.33. The summed E-state index contributed by atoms with van der Waals surface area (Å²) in [5.74, 6) is -1.20. The fourth-order valence-corrected chi connectivity index (χ4v) is 4.00. The van der Waals surface area contributed by atoms with Crippen molar-refractivity contribution in [1.82, 2.24) is 0 Å². The Hall–Kier alpha value is -4.26. The summed E-state index contributed by atoms with van der Waals surface area (Å²) in [7, 11) is 0. The number of carbonyl (C=O) groups excluding carboxylic acids is 1. The second-order valence-corrected chi connectivity index (χ2v) is 7.36. The number of esters is 1. The molecule has 0 saturated heterocycles. The molecule has 3 aromatic carbocycles. The topological polar surface area (TPSA) is 117 Å². The molecule has 0 amide bonds. The van der Waals surface area contributed by atoms with E-state index in [1.807, 2.05) is 0 Å². The Balaban J connectivity index is 1.78. The number of hydrogen-bond acceptors (Lipinski definition) is 7. The van der Waals surface area contributed by atoms with Crippen molar-refractivity contribution in [3.8, 4) is 34.1 Å². The van der Waals surface area contributed by atoms with E-state index in [0.717, 1.165) is 0 Å².